The van der Waals surface area contributed by atoms with Gasteiger partial charge < -0.3 is 9.47 Å². The molecule has 3 rings (SSSR count). The first-order valence-electron chi connectivity index (χ1n) is 10.1. The summed E-state index contributed by atoms with van der Waals surface area (Å²) in [6.45, 7) is 8.03. The smallest absolute Gasteiger partial charge is 0.413 e. The highest BCUT2D eigenvalue weighted by molar-refractivity contribution is 6.06. The van der Waals surface area contributed by atoms with Crippen molar-refractivity contribution < 1.29 is 23.9 Å². The number of fused-ring (bicyclic) bond motifs is 2. The molecule has 0 bridgehead atoms. The molecule has 1 aliphatic carbocycles. The summed E-state index contributed by atoms with van der Waals surface area (Å²) in [6.07, 6.45) is 0.475. The van der Waals surface area contributed by atoms with Crippen molar-refractivity contribution in [1.29, 1.82) is 0 Å². The number of nitrogens with one attached hydrogen (secondary N) is 1. The Labute approximate surface area is 176 Å². The molecular formula is C23H28N2O5. The lowest BCUT2D eigenvalue weighted by Gasteiger charge is -2.35. The largest absolute Gasteiger partial charge is 0.453 e. The molecule has 1 aromatic carbocycles. The molecule has 1 aliphatic rings. The van der Waals surface area contributed by atoms with Crippen LogP contribution in [0.2, 0.25) is 0 Å². The number of carbonyl (C=O) groups is 3. The van der Waals surface area contributed by atoms with E-state index in [0.717, 1.165) is 43.1 Å². The van der Waals surface area contributed by atoms with E-state index >= 15 is 0 Å². The number of nitrogens with zero attached hydrogens (tertiary/aromatic N) is 1. The third kappa shape index (κ3) is 4.45. The lowest BCUT2D eigenvalue weighted by Crippen LogP contribution is -2.39. The minimum Gasteiger partial charge on any atom is -0.453 e. The predicted molar refractivity (Wildman–Crippen MR) is 112 cm³/mol. The Morgan fingerprint density at radius 2 is 1.90 bits per heavy atom. The Morgan fingerprint density at radius 1 is 1.20 bits per heavy atom. The van der Waals surface area contributed by atoms with Crippen molar-refractivity contribution in [2.75, 3.05) is 7.11 Å². The molecule has 0 unspecified atom stereocenters. The van der Waals surface area contributed by atoms with Gasteiger partial charge in [0.15, 0.2) is 6.10 Å². The van der Waals surface area contributed by atoms with E-state index in [1.165, 1.54) is 6.92 Å². The molecule has 1 aromatic heterocycles. The Bertz CT molecular complexity index is 993. The number of imide groups is 1. The quantitative estimate of drug-likeness (QED) is 0.771. The van der Waals surface area contributed by atoms with Crippen LogP contribution < -0.4 is 5.32 Å². The van der Waals surface area contributed by atoms with Crippen LogP contribution in [0, 0.1) is 11.3 Å². The molecule has 7 heteroatoms. The maximum atomic E-state index is 13.2. The van der Waals surface area contributed by atoms with Crippen LogP contribution >= 0.6 is 0 Å². The first-order valence-corrected chi connectivity index (χ1v) is 10.1. The zero-order valence-corrected chi connectivity index (χ0v) is 18.1. The van der Waals surface area contributed by atoms with Crippen LogP contribution in [0.25, 0.3) is 10.9 Å². The van der Waals surface area contributed by atoms with E-state index in [9.17, 15) is 14.4 Å². The first kappa shape index (κ1) is 21.7. The van der Waals surface area contributed by atoms with Crippen molar-refractivity contribution in [1.82, 2.24) is 10.3 Å². The van der Waals surface area contributed by atoms with E-state index in [4.69, 9.17) is 9.72 Å². The minimum absolute atomic E-state index is 0.0954. The van der Waals surface area contributed by atoms with Gasteiger partial charge in [0.1, 0.15) is 0 Å². The molecule has 0 spiro atoms. The second kappa shape index (κ2) is 8.42. The summed E-state index contributed by atoms with van der Waals surface area (Å²) in [7, 11) is 1.15. The molecule has 160 valence electrons. The van der Waals surface area contributed by atoms with E-state index in [1.807, 2.05) is 29.6 Å². The Balaban J connectivity index is 1.98. The summed E-state index contributed by atoms with van der Waals surface area (Å²) in [4.78, 5) is 41.4. The number of carbonyl (C=O) groups excluding carboxylic acids is 3. The van der Waals surface area contributed by atoms with Crippen molar-refractivity contribution in [3.05, 3.63) is 41.1 Å². The number of methoxy groups -OCH3 is 1. The van der Waals surface area contributed by atoms with Gasteiger partial charge in [0, 0.05) is 11.1 Å². The summed E-state index contributed by atoms with van der Waals surface area (Å²) in [5.74, 6) is -0.929. The number of esters is 1. The highest BCUT2D eigenvalue weighted by atomic mass is 16.6. The molecule has 0 radical (unpaired) electrons. The van der Waals surface area contributed by atoms with Crippen LogP contribution in [-0.2, 0) is 27.1 Å². The van der Waals surface area contributed by atoms with Crippen LogP contribution in [0.1, 0.15) is 55.7 Å². The summed E-state index contributed by atoms with van der Waals surface area (Å²) >= 11 is 0. The van der Waals surface area contributed by atoms with Crippen LogP contribution in [0.3, 0.4) is 0 Å². The fourth-order valence-corrected chi connectivity index (χ4v) is 3.89. The van der Waals surface area contributed by atoms with Crippen LogP contribution in [-0.4, -0.2) is 36.2 Å². The van der Waals surface area contributed by atoms with Gasteiger partial charge in [-0.3, -0.25) is 15.1 Å². The van der Waals surface area contributed by atoms with Gasteiger partial charge in [-0.2, -0.15) is 0 Å². The maximum absolute atomic E-state index is 13.2. The number of hydrogen-bond acceptors (Lipinski definition) is 6. The Morgan fingerprint density at radius 3 is 2.57 bits per heavy atom. The second-order valence-electron chi connectivity index (χ2n) is 8.76. The summed E-state index contributed by atoms with van der Waals surface area (Å²) < 4.78 is 9.87. The van der Waals surface area contributed by atoms with Crippen molar-refractivity contribution in [2.24, 2.45) is 11.3 Å². The van der Waals surface area contributed by atoms with E-state index in [2.05, 4.69) is 25.5 Å². The standard InChI is InChI=1S/C23H28N2O5/c1-13(20(26)25-22(28)29-5)30-21(27)19-15-8-6-7-9-17(15)24-18-11-10-14(12-16(18)19)23(2,3)4/h6-9,13-14H,10-12H2,1-5H3,(H,25,26,28)/t13-,14+/m1/s1. The Hall–Kier alpha value is -2.96. The van der Waals surface area contributed by atoms with Crippen LogP contribution in [0.4, 0.5) is 4.79 Å². The molecular weight excluding hydrogens is 384 g/mol. The van der Waals surface area contributed by atoms with Gasteiger partial charge in [0.25, 0.3) is 5.91 Å². The van der Waals surface area contributed by atoms with Crippen molar-refractivity contribution in [3.63, 3.8) is 0 Å². The number of para-hydroxylation sites is 1. The molecule has 0 saturated heterocycles. The molecule has 0 fully saturated rings. The highest BCUT2D eigenvalue weighted by Crippen LogP contribution is 2.39. The molecule has 2 amide bonds. The molecule has 30 heavy (non-hydrogen) atoms. The predicted octanol–water partition coefficient (Wildman–Crippen LogP) is 3.81. The maximum Gasteiger partial charge on any atom is 0.413 e. The summed E-state index contributed by atoms with van der Waals surface area (Å²) in [5.41, 5.74) is 3.09. The monoisotopic (exact) mass is 412 g/mol. The third-order valence-corrected chi connectivity index (χ3v) is 5.75. The number of amides is 2. The number of pyridine rings is 1. The molecule has 0 saturated carbocycles. The molecule has 1 heterocycles. The molecule has 7 nitrogen and oxygen atoms in total. The zero-order chi connectivity index (χ0) is 22.1. The summed E-state index contributed by atoms with van der Waals surface area (Å²) in [5, 5.41) is 2.73. The van der Waals surface area contributed by atoms with Gasteiger partial charge in [-0.25, -0.2) is 9.59 Å². The number of hydrogen-bond donors (Lipinski definition) is 1. The minimum atomic E-state index is -1.15. The SMILES string of the molecule is COC(=O)NC(=O)[C@@H](C)OC(=O)c1c2c(nc3ccccc13)CC[C@H](C(C)(C)C)C2. The van der Waals surface area contributed by atoms with Gasteiger partial charge in [0.2, 0.25) is 0 Å². The number of aromatic nitrogens is 1. The number of benzene rings is 1. The van der Waals surface area contributed by atoms with E-state index in [-0.39, 0.29) is 5.41 Å². The van der Waals surface area contributed by atoms with Gasteiger partial charge >= 0.3 is 12.1 Å². The van der Waals surface area contributed by atoms with E-state index < -0.39 is 24.1 Å². The van der Waals surface area contributed by atoms with Crippen molar-refractivity contribution in [2.45, 2.75) is 53.1 Å². The molecule has 2 aromatic rings. The number of alkyl carbamates (subject to hydrolysis) is 1. The topological polar surface area (TPSA) is 94.6 Å². The van der Waals surface area contributed by atoms with E-state index in [1.54, 1.807) is 0 Å². The second-order valence-corrected chi connectivity index (χ2v) is 8.76. The average Bonchev–Trinajstić information content (AvgIpc) is 2.70. The average molecular weight is 412 g/mol. The van der Waals surface area contributed by atoms with Crippen molar-refractivity contribution >= 4 is 28.9 Å². The van der Waals surface area contributed by atoms with Gasteiger partial charge in [0.05, 0.1) is 18.2 Å². The summed E-state index contributed by atoms with van der Waals surface area (Å²) in [6, 6.07) is 7.45. The molecule has 2 atom stereocenters. The van der Waals surface area contributed by atoms with Gasteiger partial charge in [-0.1, -0.05) is 39.0 Å². The van der Waals surface area contributed by atoms with E-state index in [0.29, 0.717) is 16.9 Å². The number of aryl methyl sites for hydroxylation is 1. The lowest BCUT2D eigenvalue weighted by atomic mass is 9.70. The first-order chi connectivity index (χ1) is 14.1. The van der Waals surface area contributed by atoms with Crippen molar-refractivity contribution in [3.8, 4) is 0 Å². The number of ether oxygens (including phenoxy) is 2. The zero-order valence-electron chi connectivity index (χ0n) is 18.1. The fraction of sp³-hybridized carbons (Fsp3) is 0.478. The van der Waals surface area contributed by atoms with Gasteiger partial charge in [-0.05, 0) is 49.1 Å². The van der Waals surface area contributed by atoms with Crippen LogP contribution in [0.5, 0.6) is 0 Å². The van der Waals surface area contributed by atoms with Gasteiger partial charge in [-0.15, -0.1) is 0 Å². The van der Waals surface area contributed by atoms with Crippen LogP contribution in [0.15, 0.2) is 24.3 Å². The number of rotatable bonds is 3. The molecule has 1 N–H and O–H groups in total. The fourth-order valence-electron chi connectivity index (χ4n) is 3.89. The third-order valence-electron chi connectivity index (χ3n) is 5.75. The normalized spacial score (nSPS) is 17.0. The Kier molecular flexibility index (Phi) is 6.10. The molecule has 0 aliphatic heterocycles. The highest BCUT2D eigenvalue weighted by Gasteiger charge is 2.34. The lowest BCUT2D eigenvalue weighted by molar-refractivity contribution is -0.128.